The van der Waals surface area contributed by atoms with E-state index in [1.807, 2.05) is 0 Å². The molecule has 2 aromatic heterocycles. The average Bonchev–Trinajstić information content (AvgIpc) is 3.33. The molecule has 2 aromatic carbocycles. The van der Waals surface area contributed by atoms with Gasteiger partial charge in [0.15, 0.2) is 16.3 Å². The summed E-state index contributed by atoms with van der Waals surface area (Å²) in [4.78, 5) is 27.5. The van der Waals surface area contributed by atoms with E-state index in [1.54, 1.807) is 47.4 Å². The van der Waals surface area contributed by atoms with Crippen LogP contribution in [0.1, 0.15) is 34.1 Å². The molecule has 1 amide bonds. The molecular formula is C24H20FN3O4S. The maximum absolute atomic E-state index is 14.1. The second kappa shape index (κ2) is 8.74. The quantitative estimate of drug-likeness (QED) is 0.413. The smallest absolute Gasteiger partial charge is 0.349 e. The lowest BCUT2D eigenvalue weighted by atomic mass is 9.98. The minimum Gasteiger partial charge on any atom is -0.493 e. The number of amides is 1. The van der Waals surface area contributed by atoms with Crippen LogP contribution in [0.3, 0.4) is 0 Å². The first-order valence-electron chi connectivity index (χ1n) is 10.5. The van der Waals surface area contributed by atoms with Crippen molar-refractivity contribution >= 4 is 28.2 Å². The highest BCUT2D eigenvalue weighted by molar-refractivity contribution is 7.14. The van der Waals surface area contributed by atoms with Crippen LogP contribution >= 0.6 is 11.3 Å². The number of likely N-dealkylation sites (tertiary alicyclic amines) is 1. The number of hydrogen-bond acceptors (Lipinski definition) is 7. The average molecular weight is 466 g/mol. The monoisotopic (exact) mass is 465 g/mol. The predicted molar refractivity (Wildman–Crippen MR) is 122 cm³/mol. The third kappa shape index (κ3) is 4.00. The van der Waals surface area contributed by atoms with Crippen molar-refractivity contribution in [3.63, 3.8) is 0 Å². The Kier molecular flexibility index (Phi) is 5.63. The van der Waals surface area contributed by atoms with E-state index in [-0.39, 0.29) is 23.2 Å². The highest BCUT2D eigenvalue weighted by Crippen LogP contribution is 2.34. The molecule has 1 fully saturated rings. The van der Waals surface area contributed by atoms with E-state index in [1.165, 1.54) is 24.5 Å². The Bertz CT molecular complexity index is 1400. The number of methoxy groups -OCH3 is 1. The van der Waals surface area contributed by atoms with Gasteiger partial charge in [-0.05, 0) is 37.1 Å². The van der Waals surface area contributed by atoms with Crippen molar-refractivity contribution in [3.8, 4) is 16.3 Å². The van der Waals surface area contributed by atoms with Crippen LogP contribution in [0.4, 0.5) is 4.39 Å². The Morgan fingerprint density at radius 1 is 1.21 bits per heavy atom. The number of para-hydroxylation sites is 1. The maximum Gasteiger partial charge on any atom is 0.349 e. The molecule has 5 rings (SSSR count). The number of carbonyl (C=O) groups is 1. The topological polar surface area (TPSA) is 85.5 Å². The first-order chi connectivity index (χ1) is 16.0. The Hall–Kier alpha value is -3.59. The lowest BCUT2D eigenvalue weighted by Crippen LogP contribution is -2.40. The fraction of sp³-hybridized carbons (Fsp3) is 0.250. The molecule has 168 valence electrons. The van der Waals surface area contributed by atoms with Crippen molar-refractivity contribution in [2.75, 3.05) is 20.2 Å². The van der Waals surface area contributed by atoms with Crippen LogP contribution in [-0.2, 0) is 0 Å². The van der Waals surface area contributed by atoms with Gasteiger partial charge in [-0.15, -0.1) is 10.2 Å². The molecule has 1 atom stereocenters. The summed E-state index contributed by atoms with van der Waals surface area (Å²) in [7, 11) is 1.49. The standard InChI is InChI=1S/C24H20FN3O4S/c1-31-19-10-4-6-14-12-17(24(30)32-20(14)19)23(29)28-11-5-7-15(13-28)21-26-27-22(33-21)16-8-2-3-9-18(16)25/h2-4,6,8-10,12,15H,5,7,11,13H2,1H3/t15-/m0/s1. The Balaban J connectivity index is 1.39. The lowest BCUT2D eigenvalue weighted by molar-refractivity contribution is 0.0702. The van der Waals surface area contributed by atoms with E-state index in [0.717, 1.165) is 17.8 Å². The number of benzene rings is 2. The zero-order valence-corrected chi connectivity index (χ0v) is 18.6. The van der Waals surface area contributed by atoms with Gasteiger partial charge in [0.2, 0.25) is 0 Å². The van der Waals surface area contributed by atoms with Gasteiger partial charge in [-0.3, -0.25) is 4.79 Å². The van der Waals surface area contributed by atoms with Crippen LogP contribution in [0.2, 0.25) is 0 Å². The van der Waals surface area contributed by atoms with E-state index in [2.05, 4.69) is 10.2 Å². The molecule has 3 heterocycles. The SMILES string of the molecule is COc1cccc2cc(C(=O)N3CCC[C@H](c4nnc(-c5ccccc5F)s4)C3)c(=O)oc12. The van der Waals surface area contributed by atoms with Crippen LogP contribution < -0.4 is 10.4 Å². The summed E-state index contributed by atoms with van der Waals surface area (Å²) in [6, 6.07) is 13.2. The zero-order valence-electron chi connectivity index (χ0n) is 17.8. The Labute approximate surface area is 192 Å². The zero-order chi connectivity index (χ0) is 22.9. The first-order valence-corrected chi connectivity index (χ1v) is 11.3. The summed E-state index contributed by atoms with van der Waals surface area (Å²) in [5.41, 5.74) is 0.0133. The second-order valence-corrected chi connectivity index (χ2v) is 8.85. The molecule has 1 saturated heterocycles. The fourth-order valence-electron chi connectivity index (χ4n) is 4.10. The van der Waals surface area contributed by atoms with Gasteiger partial charge >= 0.3 is 5.63 Å². The van der Waals surface area contributed by atoms with Crippen LogP contribution in [0.15, 0.2) is 57.7 Å². The summed E-state index contributed by atoms with van der Waals surface area (Å²) in [5.74, 6) is -0.325. The molecule has 0 radical (unpaired) electrons. The highest BCUT2D eigenvalue weighted by Gasteiger charge is 2.30. The van der Waals surface area contributed by atoms with Crippen LogP contribution in [-0.4, -0.2) is 41.2 Å². The third-order valence-corrected chi connectivity index (χ3v) is 6.90. The van der Waals surface area contributed by atoms with E-state index in [0.29, 0.717) is 40.4 Å². The van der Waals surface area contributed by atoms with E-state index in [4.69, 9.17) is 9.15 Å². The Morgan fingerprint density at radius 3 is 2.88 bits per heavy atom. The van der Waals surface area contributed by atoms with E-state index in [9.17, 15) is 14.0 Å². The normalized spacial score (nSPS) is 16.2. The number of halogens is 1. The molecule has 0 unspecified atom stereocenters. The van der Waals surface area contributed by atoms with Crippen molar-refractivity contribution < 1.29 is 18.3 Å². The largest absolute Gasteiger partial charge is 0.493 e. The molecule has 0 saturated carbocycles. The van der Waals surface area contributed by atoms with Gasteiger partial charge in [0, 0.05) is 30.0 Å². The third-order valence-electron chi connectivity index (χ3n) is 5.78. The molecule has 0 aliphatic carbocycles. The highest BCUT2D eigenvalue weighted by atomic mass is 32.1. The number of hydrogen-bond donors (Lipinski definition) is 0. The van der Waals surface area contributed by atoms with Gasteiger partial charge < -0.3 is 14.1 Å². The van der Waals surface area contributed by atoms with Crippen molar-refractivity contribution in [1.82, 2.24) is 15.1 Å². The van der Waals surface area contributed by atoms with Gasteiger partial charge in [-0.1, -0.05) is 35.6 Å². The number of carbonyl (C=O) groups excluding carboxylic acids is 1. The Morgan fingerprint density at radius 2 is 2.06 bits per heavy atom. The summed E-state index contributed by atoms with van der Waals surface area (Å²) in [5, 5.41) is 10.3. The number of rotatable bonds is 4. The molecule has 0 spiro atoms. The van der Waals surface area contributed by atoms with Gasteiger partial charge in [-0.2, -0.15) is 0 Å². The number of nitrogens with zero attached hydrogens (tertiary/aromatic N) is 3. The number of fused-ring (bicyclic) bond motifs is 1. The lowest BCUT2D eigenvalue weighted by Gasteiger charge is -2.31. The van der Waals surface area contributed by atoms with Crippen molar-refractivity contribution in [3.05, 3.63) is 75.3 Å². The summed E-state index contributed by atoms with van der Waals surface area (Å²) < 4.78 is 24.8. The number of ether oxygens (including phenoxy) is 1. The van der Waals surface area contributed by atoms with Gasteiger partial charge in [-0.25, -0.2) is 9.18 Å². The predicted octanol–water partition coefficient (Wildman–Crippen LogP) is 4.48. The molecule has 0 bridgehead atoms. The van der Waals surface area contributed by atoms with Crippen molar-refractivity contribution in [1.29, 1.82) is 0 Å². The fourth-order valence-corrected chi connectivity index (χ4v) is 5.10. The molecule has 4 aromatic rings. The van der Waals surface area contributed by atoms with Crippen LogP contribution in [0.25, 0.3) is 21.5 Å². The molecule has 0 N–H and O–H groups in total. The maximum atomic E-state index is 14.1. The molecular weight excluding hydrogens is 445 g/mol. The molecule has 7 nitrogen and oxygen atoms in total. The van der Waals surface area contributed by atoms with Gasteiger partial charge in [0.25, 0.3) is 5.91 Å². The van der Waals surface area contributed by atoms with E-state index >= 15 is 0 Å². The molecule has 1 aliphatic heterocycles. The van der Waals surface area contributed by atoms with Crippen molar-refractivity contribution in [2.24, 2.45) is 0 Å². The molecule has 1 aliphatic rings. The number of piperidine rings is 1. The van der Waals surface area contributed by atoms with E-state index < -0.39 is 5.63 Å². The first kappa shape index (κ1) is 21.3. The summed E-state index contributed by atoms with van der Waals surface area (Å²) >= 11 is 1.33. The second-order valence-electron chi connectivity index (χ2n) is 7.84. The number of aromatic nitrogens is 2. The van der Waals surface area contributed by atoms with Gasteiger partial charge in [0.1, 0.15) is 16.4 Å². The minimum absolute atomic E-state index is 0.0132. The van der Waals surface area contributed by atoms with Gasteiger partial charge in [0.05, 0.1) is 7.11 Å². The summed E-state index contributed by atoms with van der Waals surface area (Å²) in [6.45, 7) is 0.935. The van der Waals surface area contributed by atoms with Crippen molar-refractivity contribution in [2.45, 2.75) is 18.8 Å². The van der Waals surface area contributed by atoms with Crippen LogP contribution in [0.5, 0.6) is 5.75 Å². The minimum atomic E-state index is -0.697. The molecule has 9 heteroatoms. The van der Waals surface area contributed by atoms with Crippen LogP contribution in [0, 0.1) is 5.82 Å². The molecule has 33 heavy (non-hydrogen) atoms. The summed E-state index contributed by atoms with van der Waals surface area (Å²) in [6.07, 6.45) is 1.59.